The molecule has 1 aromatic rings. The molecule has 0 bridgehead atoms. The van der Waals surface area contributed by atoms with E-state index in [0.717, 1.165) is 0 Å². The molecule has 13 heavy (non-hydrogen) atoms. The fraction of sp³-hybridized carbons (Fsp3) is 0.300. The molecular formula is C10H11NOS. The SMILES string of the molecule is CN1C(=O)CC1Sc1ccccc1. The number of carbonyl (C=O) groups is 1. The topological polar surface area (TPSA) is 20.3 Å². The molecule has 1 unspecified atom stereocenters. The lowest BCUT2D eigenvalue weighted by Crippen LogP contribution is -2.47. The minimum atomic E-state index is 0.244. The first kappa shape index (κ1) is 8.63. The van der Waals surface area contributed by atoms with E-state index in [1.165, 1.54) is 4.90 Å². The van der Waals surface area contributed by atoms with E-state index in [9.17, 15) is 4.79 Å². The molecule has 2 rings (SSSR count). The van der Waals surface area contributed by atoms with Gasteiger partial charge in [-0.15, -0.1) is 11.8 Å². The van der Waals surface area contributed by atoms with Crippen molar-refractivity contribution in [3.8, 4) is 0 Å². The van der Waals surface area contributed by atoms with E-state index in [1.54, 1.807) is 16.7 Å². The Balaban J connectivity index is 1.97. The highest BCUT2D eigenvalue weighted by Crippen LogP contribution is 2.33. The number of nitrogens with zero attached hydrogens (tertiary/aromatic N) is 1. The average Bonchev–Trinajstić information content (AvgIpc) is 2.19. The minimum Gasteiger partial charge on any atom is -0.333 e. The van der Waals surface area contributed by atoms with Gasteiger partial charge >= 0.3 is 0 Å². The van der Waals surface area contributed by atoms with Crippen LogP contribution in [0.15, 0.2) is 35.2 Å². The Bertz CT molecular complexity index is 312. The minimum absolute atomic E-state index is 0.244. The van der Waals surface area contributed by atoms with Gasteiger partial charge in [0.25, 0.3) is 0 Å². The molecule has 3 heteroatoms. The first-order valence-electron chi connectivity index (χ1n) is 4.25. The molecule has 0 radical (unpaired) electrons. The number of thioether (sulfide) groups is 1. The average molecular weight is 193 g/mol. The largest absolute Gasteiger partial charge is 0.333 e. The molecule has 0 aliphatic carbocycles. The van der Waals surface area contributed by atoms with Crippen LogP contribution in [0.25, 0.3) is 0 Å². The number of hydrogen-bond acceptors (Lipinski definition) is 2. The molecule has 1 atom stereocenters. The summed E-state index contributed by atoms with van der Waals surface area (Å²) in [6.07, 6.45) is 0.677. The van der Waals surface area contributed by atoms with Crippen molar-refractivity contribution in [3.05, 3.63) is 30.3 Å². The second-order valence-electron chi connectivity index (χ2n) is 3.09. The van der Waals surface area contributed by atoms with Gasteiger partial charge in [0.2, 0.25) is 5.91 Å². The summed E-state index contributed by atoms with van der Waals surface area (Å²) in [6.45, 7) is 0. The van der Waals surface area contributed by atoms with Gasteiger partial charge in [0.15, 0.2) is 0 Å². The fourth-order valence-corrected chi connectivity index (χ4v) is 2.39. The van der Waals surface area contributed by atoms with E-state index in [4.69, 9.17) is 0 Å². The van der Waals surface area contributed by atoms with Gasteiger partial charge in [-0.3, -0.25) is 4.79 Å². The third-order valence-electron chi connectivity index (χ3n) is 2.19. The standard InChI is InChI=1S/C10H11NOS/c1-11-9(12)7-10(11)13-8-5-3-2-4-6-8/h2-6,10H,7H2,1H3. The van der Waals surface area contributed by atoms with Gasteiger partial charge in [-0.25, -0.2) is 0 Å². The van der Waals surface area contributed by atoms with Crippen molar-refractivity contribution < 1.29 is 4.79 Å². The zero-order valence-electron chi connectivity index (χ0n) is 7.43. The molecule has 2 nitrogen and oxygen atoms in total. The molecular weight excluding hydrogens is 182 g/mol. The van der Waals surface area contributed by atoms with Crippen LogP contribution in [-0.4, -0.2) is 23.2 Å². The van der Waals surface area contributed by atoms with Crippen LogP contribution in [0.2, 0.25) is 0 Å². The maximum Gasteiger partial charge on any atom is 0.226 e. The Morgan fingerprint density at radius 2 is 2.08 bits per heavy atom. The van der Waals surface area contributed by atoms with Crippen LogP contribution in [-0.2, 0) is 4.79 Å². The van der Waals surface area contributed by atoms with Crippen molar-refractivity contribution in [1.29, 1.82) is 0 Å². The van der Waals surface area contributed by atoms with Gasteiger partial charge in [0.05, 0.1) is 11.8 Å². The van der Waals surface area contributed by atoms with Crippen LogP contribution >= 0.6 is 11.8 Å². The van der Waals surface area contributed by atoms with E-state index in [1.807, 2.05) is 25.2 Å². The molecule has 1 aromatic carbocycles. The lowest BCUT2D eigenvalue weighted by atomic mass is 10.2. The summed E-state index contributed by atoms with van der Waals surface area (Å²) in [4.78, 5) is 14.0. The predicted molar refractivity (Wildman–Crippen MR) is 53.5 cm³/mol. The molecule has 68 valence electrons. The lowest BCUT2D eigenvalue weighted by molar-refractivity contribution is -0.139. The van der Waals surface area contributed by atoms with Gasteiger partial charge in [0, 0.05) is 11.9 Å². The number of β-lactam (4-membered cyclic amide) rings is 1. The fourth-order valence-electron chi connectivity index (χ4n) is 1.26. The van der Waals surface area contributed by atoms with Crippen molar-refractivity contribution in [2.24, 2.45) is 0 Å². The molecule has 1 aliphatic rings. The van der Waals surface area contributed by atoms with Crippen LogP contribution in [0.1, 0.15) is 6.42 Å². The molecule has 0 N–H and O–H groups in total. The zero-order chi connectivity index (χ0) is 9.26. The van der Waals surface area contributed by atoms with E-state index >= 15 is 0 Å². The summed E-state index contributed by atoms with van der Waals surface area (Å²) >= 11 is 1.75. The Hall–Kier alpha value is -0.960. The van der Waals surface area contributed by atoms with Gasteiger partial charge in [-0.2, -0.15) is 0 Å². The monoisotopic (exact) mass is 193 g/mol. The predicted octanol–water partition coefficient (Wildman–Crippen LogP) is 1.97. The Kier molecular flexibility index (Phi) is 2.27. The Morgan fingerprint density at radius 1 is 1.38 bits per heavy atom. The quantitative estimate of drug-likeness (QED) is 0.669. The molecule has 1 saturated heterocycles. The highest BCUT2D eigenvalue weighted by molar-refractivity contribution is 8.00. The Labute approximate surface area is 81.9 Å². The summed E-state index contributed by atoms with van der Waals surface area (Å²) in [5.41, 5.74) is 0. The van der Waals surface area contributed by atoms with Crippen LogP contribution < -0.4 is 0 Å². The van der Waals surface area contributed by atoms with E-state index in [0.29, 0.717) is 11.8 Å². The van der Waals surface area contributed by atoms with Gasteiger partial charge < -0.3 is 4.90 Å². The van der Waals surface area contributed by atoms with Crippen molar-refractivity contribution in [2.75, 3.05) is 7.05 Å². The molecule has 1 amide bonds. The van der Waals surface area contributed by atoms with Crippen LogP contribution in [0.4, 0.5) is 0 Å². The molecule has 1 fully saturated rings. The first-order chi connectivity index (χ1) is 6.27. The van der Waals surface area contributed by atoms with E-state index in [2.05, 4.69) is 12.1 Å². The van der Waals surface area contributed by atoms with E-state index < -0.39 is 0 Å². The van der Waals surface area contributed by atoms with Crippen molar-refractivity contribution in [3.63, 3.8) is 0 Å². The summed E-state index contributed by atoms with van der Waals surface area (Å²) in [6, 6.07) is 10.2. The number of rotatable bonds is 2. The molecule has 0 saturated carbocycles. The third-order valence-corrected chi connectivity index (χ3v) is 3.49. The van der Waals surface area contributed by atoms with Gasteiger partial charge in [0.1, 0.15) is 0 Å². The number of hydrogen-bond donors (Lipinski definition) is 0. The molecule has 1 heterocycles. The lowest BCUT2D eigenvalue weighted by Gasteiger charge is -2.36. The van der Waals surface area contributed by atoms with Gasteiger partial charge in [-0.1, -0.05) is 18.2 Å². The molecule has 0 aromatic heterocycles. The number of benzene rings is 1. The van der Waals surface area contributed by atoms with E-state index in [-0.39, 0.29) is 5.91 Å². The van der Waals surface area contributed by atoms with Crippen molar-refractivity contribution in [1.82, 2.24) is 4.90 Å². The van der Waals surface area contributed by atoms with Crippen molar-refractivity contribution in [2.45, 2.75) is 16.7 Å². The smallest absolute Gasteiger partial charge is 0.226 e. The van der Waals surface area contributed by atoms with Crippen molar-refractivity contribution >= 4 is 17.7 Å². The Morgan fingerprint density at radius 3 is 2.62 bits per heavy atom. The summed E-state index contributed by atoms with van der Waals surface area (Å²) in [5.74, 6) is 0.244. The highest BCUT2D eigenvalue weighted by Gasteiger charge is 2.33. The number of carbonyl (C=O) groups excluding carboxylic acids is 1. The van der Waals surface area contributed by atoms with Crippen LogP contribution in [0.5, 0.6) is 0 Å². The van der Waals surface area contributed by atoms with Gasteiger partial charge in [-0.05, 0) is 12.1 Å². The summed E-state index contributed by atoms with van der Waals surface area (Å²) < 4.78 is 0. The number of likely N-dealkylation sites (tertiary alicyclic amines) is 1. The van der Waals surface area contributed by atoms with Crippen LogP contribution in [0, 0.1) is 0 Å². The normalized spacial score (nSPS) is 21.5. The highest BCUT2D eigenvalue weighted by atomic mass is 32.2. The maximum atomic E-state index is 10.9. The summed E-state index contributed by atoms with van der Waals surface area (Å²) in [7, 11) is 1.85. The second kappa shape index (κ2) is 3.42. The van der Waals surface area contributed by atoms with Crippen LogP contribution in [0.3, 0.4) is 0 Å². The zero-order valence-corrected chi connectivity index (χ0v) is 8.25. The molecule has 1 aliphatic heterocycles. The maximum absolute atomic E-state index is 10.9. The third kappa shape index (κ3) is 1.70. The molecule has 0 spiro atoms. The summed E-state index contributed by atoms with van der Waals surface area (Å²) in [5, 5.41) is 0.342. The first-order valence-corrected chi connectivity index (χ1v) is 5.13. The second-order valence-corrected chi connectivity index (χ2v) is 4.35. The number of amides is 1.